The van der Waals surface area contributed by atoms with E-state index < -0.39 is 0 Å². The summed E-state index contributed by atoms with van der Waals surface area (Å²) in [6.07, 6.45) is 26.4. The maximum atomic E-state index is 13.6. The van der Waals surface area contributed by atoms with Crippen molar-refractivity contribution in [3.05, 3.63) is 0 Å². The highest BCUT2D eigenvalue weighted by Gasteiger charge is 2.63. The molecule has 5 saturated carbocycles. The van der Waals surface area contributed by atoms with Crippen molar-refractivity contribution in [1.29, 1.82) is 0 Å². The average Bonchev–Trinajstić information content (AvgIpc) is 2.85. The van der Waals surface area contributed by atoms with E-state index in [1.54, 1.807) is 0 Å². The zero-order chi connectivity index (χ0) is 21.5. The molecule has 0 aromatic heterocycles. The molecule has 5 fully saturated rings. The molecule has 1 nitrogen and oxygen atoms in total. The van der Waals surface area contributed by atoms with E-state index in [1.165, 1.54) is 122 Å². The van der Waals surface area contributed by atoms with Crippen molar-refractivity contribution in [1.82, 2.24) is 0 Å². The summed E-state index contributed by atoms with van der Waals surface area (Å²) < 4.78 is 0. The molecule has 5 rings (SSSR count). The van der Waals surface area contributed by atoms with Crippen LogP contribution in [0.25, 0.3) is 0 Å². The van der Waals surface area contributed by atoms with Gasteiger partial charge in [0.1, 0.15) is 5.78 Å². The molecular formula is C30H50O. The molecule has 0 aliphatic heterocycles. The Morgan fingerprint density at radius 1 is 0.548 bits per heavy atom. The van der Waals surface area contributed by atoms with Crippen molar-refractivity contribution >= 4 is 5.78 Å². The third kappa shape index (κ3) is 4.19. The summed E-state index contributed by atoms with van der Waals surface area (Å²) >= 11 is 0. The molecule has 1 heteroatoms. The third-order valence-electron chi connectivity index (χ3n) is 11.9. The number of Topliss-reactive ketones (excluding diaryl/α,β-unsaturated/α-hetero) is 1. The first-order valence-corrected chi connectivity index (χ1v) is 14.6. The van der Waals surface area contributed by atoms with Crippen LogP contribution in [0.3, 0.4) is 0 Å². The van der Waals surface area contributed by atoms with Crippen molar-refractivity contribution in [2.75, 3.05) is 0 Å². The summed E-state index contributed by atoms with van der Waals surface area (Å²) in [6, 6.07) is 0. The predicted molar refractivity (Wildman–Crippen MR) is 130 cm³/mol. The second-order valence-electron chi connectivity index (χ2n) is 13.1. The van der Waals surface area contributed by atoms with E-state index in [0.29, 0.717) is 0 Å². The van der Waals surface area contributed by atoms with Crippen LogP contribution < -0.4 is 0 Å². The zero-order valence-corrected chi connectivity index (χ0v) is 20.8. The van der Waals surface area contributed by atoms with Gasteiger partial charge in [-0.1, -0.05) is 52.4 Å². The van der Waals surface area contributed by atoms with Gasteiger partial charge in [-0.3, -0.25) is 4.79 Å². The number of carbonyl (C=O) groups excluding carboxylic acids is 1. The van der Waals surface area contributed by atoms with Gasteiger partial charge >= 0.3 is 0 Å². The average molecular weight is 427 g/mol. The van der Waals surface area contributed by atoms with Crippen LogP contribution in [0.5, 0.6) is 0 Å². The molecule has 0 N–H and O–H groups in total. The van der Waals surface area contributed by atoms with Gasteiger partial charge in [-0.2, -0.15) is 0 Å². The van der Waals surface area contributed by atoms with Gasteiger partial charge < -0.3 is 0 Å². The Morgan fingerprint density at radius 3 is 1.16 bits per heavy atom. The fourth-order valence-electron chi connectivity index (χ4n) is 9.54. The van der Waals surface area contributed by atoms with Gasteiger partial charge in [0.2, 0.25) is 0 Å². The van der Waals surface area contributed by atoms with Gasteiger partial charge in [-0.05, 0) is 119 Å². The summed E-state index contributed by atoms with van der Waals surface area (Å²) in [5.41, 5.74) is 0.284. The Morgan fingerprint density at radius 2 is 0.871 bits per heavy atom. The second kappa shape index (κ2) is 9.13. The third-order valence-corrected chi connectivity index (χ3v) is 11.9. The first kappa shape index (κ1) is 22.5. The van der Waals surface area contributed by atoms with Crippen LogP contribution in [0, 0.1) is 46.3 Å². The van der Waals surface area contributed by atoms with Crippen LogP contribution in [0.4, 0.5) is 0 Å². The lowest BCUT2D eigenvalue weighted by atomic mass is 9.42. The highest BCUT2D eigenvalue weighted by Crippen LogP contribution is 2.65. The number of hydrogen-bond donors (Lipinski definition) is 0. The Kier molecular flexibility index (Phi) is 6.62. The van der Waals surface area contributed by atoms with E-state index in [0.717, 1.165) is 41.3 Å². The van der Waals surface area contributed by atoms with Crippen LogP contribution >= 0.6 is 0 Å². The summed E-state index contributed by atoms with van der Waals surface area (Å²) in [5.74, 6) is 6.64. The van der Waals surface area contributed by atoms with E-state index in [-0.39, 0.29) is 10.8 Å². The SMILES string of the molecule is CCC1CCC(C2CC[C@]3(CC2)C[C@@]2(CC[C@H](C4CCC(CC)CC4)CC2)C3=O)CC1. The molecule has 0 unspecified atom stereocenters. The molecule has 0 radical (unpaired) electrons. The minimum Gasteiger partial charge on any atom is -0.298 e. The van der Waals surface area contributed by atoms with Crippen molar-refractivity contribution in [3.8, 4) is 0 Å². The van der Waals surface area contributed by atoms with Crippen molar-refractivity contribution < 1.29 is 4.79 Å². The fourth-order valence-corrected chi connectivity index (χ4v) is 9.54. The van der Waals surface area contributed by atoms with Gasteiger partial charge in [0.05, 0.1) is 0 Å². The van der Waals surface area contributed by atoms with Gasteiger partial charge in [0, 0.05) is 10.8 Å². The summed E-state index contributed by atoms with van der Waals surface area (Å²) in [7, 11) is 0. The quantitative estimate of drug-likeness (QED) is 0.439. The Hall–Kier alpha value is -0.330. The highest BCUT2D eigenvalue weighted by molar-refractivity contribution is 5.96. The highest BCUT2D eigenvalue weighted by atomic mass is 16.1. The summed E-state index contributed by atoms with van der Waals surface area (Å²) in [6.45, 7) is 4.75. The van der Waals surface area contributed by atoms with Gasteiger partial charge in [0.25, 0.3) is 0 Å². The van der Waals surface area contributed by atoms with Gasteiger partial charge in [-0.25, -0.2) is 0 Å². The van der Waals surface area contributed by atoms with E-state index in [4.69, 9.17) is 0 Å². The Bertz CT molecular complexity index is 550. The van der Waals surface area contributed by atoms with Crippen LogP contribution in [0.2, 0.25) is 0 Å². The first-order valence-electron chi connectivity index (χ1n) is 14.6. The lowest BCUT2D eigenvalue weighted by Crippen LogP contribution is -2.60. The molecule has 2 spiro atoms. The lowest BCUT2D eigenvalue weighted by molar-refractivity contribution is -0.170. The maximum absolute atomic E-state index is 13.6. The number of ketones is 1. The Balaban J connectivity index is 1.09. The van der Waals surface area contributed by atoms with Crippen LogP contribution in [-0.4, -0.2) is 5.78 Å². The maximum Gasteiger partial charge on any atom is 0.145 e. The molecule has 0 atom stereocenters. The molecule has 0 amide bonds. The number of rotatable bonds is 4. The molecule has 31 heavy (non-hydrogen) atoms. The first-order chi connectivity index (χ1) is 15.1. The molecule has 0 heterocycles. The summed E-state index contributed by atoms with van der Waals surface area (Å²) in [5, 5.41) is 0. The van der Waals surface area contributed by atoms with E-state index >= 15 is 0 Å². The van der Waals surface area contributed by atoms with Gasteiger partial charge in [-0.15, -0.1) is 0 Å². The molecule has 0 aromatic rings. The molecule has 0 aromatic carbocycles. The van der Waals surface area contributed by atoms with Crippen LogP contribution in [0.15, 0.2) is 0 Å². The fraction of sp³-hybridized carbons (Fsp3) is 0.967. The minimum atomic E-state index is 0.142. The van der Waals surface area contributed by atoms with Crippen molar-refractivity contribution in [2.24, 2.45) is 46.3 Å². The molecular weight excluding hydrogens is 376 g/mol. The predicted octanol–water partition coefficient (Wildman–Crippen LogP) is 8.75. The topological polar surface area (TPSA) is 17.1 Å². The van der Waals surface area contributed by atoms with Crippen LogP contribution in [0.1, 0.15) is 136 Å². The van der Waals surface area contributed by atoms with Crippen molar-refractivity contribution in [3.63, 3.8) is 0 Å². The monoisotopic (exact) mass is 426 g/mol. The molecule has 5 aliphatic carbocycles. The molecule has 5 aliphatic rings. The van der Waals surface area contributed by atoms with E-state index in [9.17, 15) is 4.79 Å². The van der Waals surface area contributed by atoms with Gasteiger partial charge in [0.15, 0.2) is 0 Å². The van der Waals surface area contributed by atoms with E-state index in [2.05, 4.69) is 13.8 Å². The van der Waals surface area contributed by atoms with Crippen LogP contribution in [-0.2, 0) is 4.79 Å². The van der Waals surface area contributed by atoms with Crippen molar-refractivity contribution in [2.45, 2.75) is 136 Å². The standard InChI is InChI=1S/C30H50O/c1-3-22-5-9-24(10-6-22)26-13-17-29(18-14-26)21-30(28(29)31)19-15-27(16-20-30)25-11-7-23(4-2)8-12-25/h22-27H,3-21H2,1-2H3/t22?,23?,24?,25?,26-,27?,29-,30-. The van der Waals surface area contributed by atoms with E-state index in [1.807, 2.05) is 0 Å². The summed E-state index contributed by atoms with van der Waals surface area (Å²) in [4.78, 5) is 13.6. The second-order valence-corrected chi connectivity index (χ2v) is 13.1. The largest absolute Gasteiger partial charge is 0.298 e. The smallest absolute Gasteiger partial charge is 0.145 e. The Labute approximate surface area is 192 Å². The number of carbonyl (C=O) groups is 1. The zero-order valence-electron chi connectivity index (χ0n) is 20.8. The lowest BCUT2D eigenvalue weighted by Gasteiger charge is -2.60. The normalized spacial score (nSPS) is 48.6. The molecule has 0 saturated heterocycles. The molecule has 0 bridgehead atoms. The molecule has 176 valence electrons. The minimum absolute atomic E-state index is 0.142. The number of hydrogen-bond acceptors (Lipinski definition) is 1.